The first-order valence-electron chi connectivity index (χ1n) is 6.66. The zero-order valence-electron chi connectivity index (χ0n) is 10.7. The van der Waals surface area contributed by atoms with Crippen molar-refractivity contribution >= 4 is 27.2 Å². The lowest BCUT2D eigenvalue weighted by Gasteiger charge is -2.17. The molecule has 1 aliphatic heterocycles. The topological polar surface area (TPSA) is 37.0 Å². The Morgan fingerprint density at radius 3 is 3.22 bits per heavy atom. The van der Waals surface area contributed by atoms with Crippen LogP contribution in [-0.4, -0.2) is 24.1 Å². The molecular weight excluding hydrogens is 242 g/mol. The Labute approximate surface area is 112 Å². The SMILES string of the molecule is Cc1nc2ccc(NC3CCCNCC3)cc2s1. The van der Waals surface area contributed by atoms with Crippen molar-refractivity contribution in [2.24, 2.45) is 0 Å². The van der Waals surface area contributed by atoms with E-state index in [0.29, 0.717) is 6.04 Å². The average molecular weight is 261 g/mol. The highest BCUT2D eigenvalue weighted by atomic mass is 32.1. The number of thiazole rings is 1. The summed E-state index contributed by atoms with van der Waals surface area (Å²) in [5.74, 6) is 0. The van der Waals surface area contributed by atoms with Gasteiger partial charge in [-0.15, -0.1) is 11.3 Å². The third kappa shape index (κ3) is 2.65. The van der Waals surface area contributed by atoms with Gasteiger partial charge in [0, 0.05) is 11.7 Å². The fourth-order valence-electron chi connectivity index (χ4n) is 2.53. The van der Waals surface area contributed by atoms with Crippen LogP contribution in [0.5, 0.6) is 0 Å². The Morgan fingerprint density at radius 2 is 2.28 bits per heavy atom. The molecule has 1 aliphatic rings. The molecule has 1 saturated heterocycles. The second kappa shape index (κ2) is 5.24. The zero-order valence-corrected chi connectivity index (χ0v) is 11.5. The first kappa shape index (κ1) is 11.9. The third-order valence-corrected chi connectivity index (χ3v) is 4.38. The monoisotopic (exact) mass is 261 g/mol. The molecule has 1 aromatic heterocycles. The van der Waals surface area contributed by atoms with Gasteiger partial charge in [-0.05, 0) is 57.5 Å². The van der Waals surface area contributed by atoms with Crippen LogP contribution in [0.2, 0.25) is 0 Å². The molecule has 0 bridgehead atoms. The molecule has 1 aromatic carbocycles. The van der Waals surface area contributed by atoms with Gasteiger partial charge in [-0.3, -0.25) is 0 Å². The quantitative estimate of drug-likeness (QED) is 0.872. The Hall–Kier alpha value is -1.13. The summed E-state index contributed by atoms with van der Waals surface area (Å²) in [6.07, 6.45) is 3.73. The predicted molar refractivity (Wildman–Crippen MR) is 78.5 cm³/mol. The normalized spacial score (nSPS) is 20.8. The summed E-state index contributed by atoms with van der Waals surface area (Å²) in [4.78, 5) is 4.50. The Morgan fingerprint density at radius 1 is 1.33 bits per heavy atom. The molecule has 1 atom stereocenters. The molecule has 18 heavy (non-hydrogen) atoms. The summed E-state index contributed by atoms with van der Waals surface area (Å²) >= 11 is 1.77. The average Bonchev–Trinajstić information content (AvgIpc) is 2.56. The number of nitrogens with zero attached hydrogens (tertiary/aromatic N) is 1. The molecule has 0 spiro atoms. The van der Waals surface area contributed by atoms with Crippen molar-refractivity contribution in [2.45, 2.75) is 32.2 Å². The largest absolute Gasteiger partial charge is 0.382 e. The fraction of sp³-hybridized carbons (Fsp3) is 0.500. The first-order valence-corrected chi connectivity index (χ1v) is 7.47. The molecule has 1 unspecified atom stereocenters. The van der Waals surface area contributed by atoms with Crippen molar-refractivity contribution in [1.29, 1.82) is 0 Å². The van der Waals surface area contributed by atoms with Crippen molar-refractivity contribution in [3.8, 4) is 0 Å². The molecule has 0 saturated carbocycles. The lowest BCUT2D eigenvalue weighted by molar-refractivity contribution is 0.638. The highest BCUT2D eigenvalue weighted by Gasteiger charge is 2.11. The van der Waals surface area contributed by atoms with Crippen LogP contribution in [0.25, 0.3) is 10.2 Å². The molecule has 4 heteroatoms. The summed E-state index contributed by atoms with van der Waals surface area (Å²) in [6.45, 7) is 4.35. The van der Waals surface area contributed by atoms with Crippen LogP contribution in [-0.2, 0) is 0 Å². The third-order valence-electron chi connectivity index (χ3n) is 3.44. The zero-order chi connectivity index (χ0) is 12.4. The van der Waals surface area contributed by atoms with E-state index in [1.165, 1.54) is 29.6 Å². The number of benzene rings is 1. The minimum atomic E-state index is 0.603. The van der Waals surface area contributed by atoms with E-state index < -0.39 is 0 Å². The maximum Gasteiger partial charge on any atom is 0.0907 e. The van der Waals surface area contributed by atoms with E-state index in [2.05, 4.69) is 40.7 Å². The lowest BCUT2D eigenvalue weighted by atomic mass is 10.1. The van der Waals surface area contributed by atoms with Gasteiger partial charge in [0.05, 0.1) is 15.2 Å². The van der Waals surface area contributed by atoms with E-state index in [9.17, 15) is 0 Å². The number of aryl methyl sites for hydroxylation is 1. The number of hydrogen-bond acceptors (Lipinski definition) is 4. The van der Waals surface area contributed by atoms with Crippen LogP contribution in [0, 0.1) is 6.92 Å². The van der Waals surface area contributed by atoms with Gasteiger partial charge in [0.1, 0.15) is 0 Å². The van der Waals surface area contributed by atoms with Crippen LogP contribution in [0.15, 0.2) is 18.2 Å². The Bertz CT molecular complexity index is 527. The standard InChI is InChI=1S/C14H19N3S/c1-10-16-13-5-4-12(9-14(13)18-10)17-11-3-2-7-15-8-6-11/h4-5,9,11,15,17H,2-3,6-8H2,1H3. The lowest BCUT2D eigenvalue weighted by Crippen LogP contribution is -2.21. The number of fused-ring (bicyclic) bond motifs is 1. The van der Waals surface area contributed by atoms with E-state index in [-0.39, 0.29) is 0 Å². The van der Waals surface area contributed by atoms with Gasteiger partial charge >= 0.3 is 0 Å². The van der Waals surface area contributed by atoms with Crippen molar-refractivity contribution in [2.75, 3.05) is 18.4 Å². The van der Waals surface area contributed by atoms with E-state index >= 15 is 0 Å². The van der Waals surface area contributed by atoms with Gasteiger partial charge in [0.25, 0.3) is 0 Å². The number of aromatic nitrogens is 1. The van der Waals surface area contributed by atoms with Gasteiger partial charge in [-0.25, -0.2) is 4.98 Å². The molecule has 3 rings (SSSR count). The molecule has 2 heterocycles. The molecule has 0 amide bonds. The molecular formula is C14H19N3S. The summed E-state index contributed by atoms with van der Waals surface area (Å²) in [7, 11) is 0. The van der Waals surface area contributed by atoms with Crippen molar-refractivity contribution < 1.29 is 0 Å². The number of hydrogen-bond donors (Lipinski definition) is 2. The van der Waals surface area contributed by atoms with E-state index in [1.807, 2.05) is 0 Å². The predicted octanol–water partition coefficient (Wildman–Crippen LogP) is 3.16. The molecule has 0 radical (unpaired) electrons. The molecule has 0 aliphatic carbocycles. The van der Waals surface area contributed by atoms with Crippen LogP contribution < -0.4 is 10.6 Å². The summed E-state index contributed by atoms with van der Waals surface area (Å²) < 4.78 is 1.28. The number of rotatable bonds is 2. The Balaban J connectivity index is 1.76. The first-order chi connectivity index (χ1) is 8.81. The maximum atomic E-state index is 4.50. The molecule has 3 nitrogen and oxygen atoms in total. The van der Waals surface area contributed by atoms with Crippen molar-refractivity contribution in [3.05, 3.63) is 23.2 Å². The minimum Gasteiger partial charge on any atom is -0.382 e. The van der Waals surface area contributed by atoms with Crippen LogP contribution >= 0.6 is 11.3 Å². The van der Waals surface area contributed by atoms with Gasteiger partial charge in [-0.2, -0.15) is 0 Å². The van der Waals surface area contributed by atoms with Crippen molar-refractivity contribution in [3.63, 3.8) is 0 Å². The highest BCUT2D eigenvalue weighted by Crippen LogP contribution is 2.25. The fourth-order valence-corrected chi connectivity index (χ4v) is 3.40. The highest BCUT2D eigenvalue weighted by molar-refractivity contribution is 7.18. The smallest absolute Gasteiger partial charge is 0.0907 e. The van der Waals surface area contributed by atoms with Gasteiger partial charge < -0.3 is 10.6 Å². The number of anilines is 1. The van der Waals surface area contributed by atoms with E-state index in [4.69, 9.17) is 0 Å². The summed E-state index contributed by atoms with van der Waals surface area (Å²) in [5, 5.41) is 8.25. The van der Waals surface area contributed by atoms with E-state index in [0.717, 1.165) is 23.6 Å². The molecule has 2 N–H and O–H groups in total. The van der Waals surface area contributed by atoms with Gasteiger partial charge in [-0.1, -0.05) is 0 Å². The second-order valence-corrected chi connectivity index (χ2v) is 6.17. The van der Waals surface area contributed by atoms with Crippen LogP contribution in [0.1, 0.15) is 24.3 Å². The van der Waals surface area contributed by atoms with Crippen LogP contribution in [0.4, 0.5) is 5.69 Å². The van der Waals surface area contributed by atoms with Gasteiger partial charge in [0.15, 0.2) is 0 Å². The second-order valence-electron chi connectivity index (χ2n) is 4.94. The van der Waals surface area contributed by atoms with E-state index in [1.54, 1.807) is 11.3 Å². The molecule has 2 aromatic rings. The minimum absolute atomic E-state index is 0.603. The number of nitrogens with one attached hydrogen (secondary N) is 2. The van der Waals surface area contributed by atoms with Crippen LogP contribution in [0.3, 0.4) is 0 Å². The molecule has 1 fully saturated rings. The Kier molecular flexibility index (Phi) is 3.48. The summed E-state index contributed by atoms with van der Waals surface area (Å²) in [6, 6.07) is 7.11. The molecule has 96 valence electrons. The summed E-state index contributed by atoms with van der Waals surface area (Å²) in [5.41, 5.74) is 2.35. The van der Waals surface area contributed by atoms with Gasteiger partial charge in [0.2, 0.25) is 0 Å². The van der Waals surface area contributed by atoms with Crippen molar-refractivity contribution in [1.82, 2.24) is 10.3 Å². The maximum absolute atomic E-state index is 4.50.